The Morgan fingerprint density at radius 2 is 1.96 bits per heavy atom. The number of hydrogen-bond acceptors (Lipinski definition) is 4. The van der Waals surface area contributed by atoms with Crippen molar-refractivity contribution in [1.82, 2.24) is 14.8 Å². The number of halogens is 3. The molecule has 2 saturated heterocycles. The Morgan fingerprint density at radius 1 is 1.30 bits per heavy atom. The van der Waals surface area contributed by atoms with E-state index in [-0.39, 0.29) is 5.01 Å². The maximum atomic E-state index is 12.4. The monoisotopic (exact) mass is 347 g/mol. The first-order valence-corrected chi connectivity index (χ1v) is 9.17. The van der Waals surface area contributed by atoms with E-state index in [2.05, 4.69) is 28.6 Å². The van der Waals surface area contributed by atoms with Crippen LogP contribution in [-0.2, 0) is 13.0 Å². The van der Waals surface area contributed by atoms with Crippen LogP contribution in [0.1, 0.15) is 43.0 Å². The number of rotatable bonds is 5. The molecule has 3 nitrogen and oxygen atoms in total. The van der Waals surface area contributed by atoms with E-state index < -0.39 is 12.6 Å². The molecule has 23 heavy (non-hydrogen) atoms. The zero-order chi connectivity index (χ0) is 16.6. The van der Waals surface area contributed by atoms with E-state index in [9.17, 15) is 13.2 Å². The first kappa shape index (κ1) is 17.2. The second-order valence-corrected chi connectivity index (χ2v) is 7.98. The Balaban J connectivity index is 1.61. The Hall–Kier alpha value is -0.660. The molecule has 2 aliphatic rings. The largest absolute Gasteiger partial charge is 0.395 e. The minimum Gasteiger partial charge on any atom is -0.298 e. The van der Waals surface area contributed by atoms with Crippen molar-refractivity contribution >= 4 is 11.3 Å². The molecular formula is C16H24F3N3S. The summed E-state index contributed by atoms with van der Waals surface area (Å²) in [6.45, 7) is 7.42. The van der Waals surface area contributed by atoms with Crippen molar-refractivity contribution in [1.29, 1.82) is 0 Å². The van der Waals surface area contributed by atoms with Crippen molar-refractivity contribution in [2.24, 2.45) is 0 Å². The van der Waals surface area contributed by atoms with Gasteiger partial charge in [-0.2, -0.15) is 13.2 Å². The first-order chi connectivity index (χ1) is 10.9. The maximum Gasteiger partial charge on any atom is 0.395 e. The van der Waals surface area contributed by atoms with Crippen LogP contribution in [0.15, 0.2) is 6.20 Å². The van der Waals surface area contributed by atoms with Crippen LogP contribution in [-0.4, -0.2) is 52.2 Å². The maximum absolute atomic E-state index is 12.4. The van der Waals surface area contributed by atoms with Gasteiger partial charge in [0.15, 0.2) is 0 Å². The standard InChI is InChI=1S/C16H24F3N3S/c1-3-11(2)21-8-12-4-5-13(9-21)22(12)10-14-7-20-15(23-14)6-16(17,18)19/h7,11-13H,3-6,8-10H2,1-2H3. The van der Waals surface area contributed by atoms with Crippen molar-refractivity contribution in [3.05, 3.63) is 16.1 Å². The van der Waals surface area contributed by atoms with Gasteiger partial charge in [0, 0.05) is 48.8 Å². The van der Waals surface area contributed by atoms with Gasteiger partial charge in [-0.05, 0) is 26.2 Å². The zero-order valence-corrected chi connectivity index (χ0v) is 14.5. The van der Waals surface area contributed by atoms with Gasteiger partial charge in [0.25, 0.3) is 0 Å². The molecule has 2 fully saturated rings. The molecular weight excluding hydrogens is 323 g/mol. The third kappa shape index (κ3) is 4.06. The zero-order valence-electron chi connectivity index (χ0n) is 13.6. The molecule has 1 aromatic heterocycles. The summed E-state index contributed by atoms with van der Waals surface area (Å²) in [6, 6.07) is 1.69. The number of aromatic nitrogens is 1. The lowest BCUT2D eigenvalue weighted by Gasteiger charge is -2.43. The highest BCUT2D eigenvalue weighted by Gasteiger charge is 2.40. The number of piperazine rings is 1. The minimum absolute atomic E-state index is 0.179. The van der Waals surface area contributed by atoms with Crippen LogP contribution in [0.3, 0.4) is 0 Å². The number of likely N-dealkylation sites (tertiary alicyclic amines) is 1. The summed E-state index contributed by atoms with van der Waals surface area (Å²) in [5.74, 6) is 0. The van der Waals surface area contributed by atoms with E-state index in [1.807, 2.05) is 0 Å². The van der Waals surface area contributed by atoms with Gasteiger partial charge < -0.3 is 0 Å². The lowest BCUT2D eigenvalue weighted by Crippen LogP contribution is -2.55. The molecule has 1 aromatic rings. The molecule has 0 saturated carbocycles. The lowest BCUT2D eigenvalue weighted by atomic mass is 10.1. The summed E-state index contributed by atoms with van der Waals surface area (Å²) in [6.07, 6.45) is 0.112. The predicted octanol–water partition coefficient (Wildman–Crippen LogP) is 3.70. The van der Waals surface area contributed by atoms with Gasteiger partial charge >= 0.3 is 6.18 Å². The van der Waals surface area contributed by atoms with Crippen LogP contribution >= 0.6 is 11.3 Å². The Kier molecular flexibility index (Phi) is 4.99. The lowest BCUT2D eigenvalue weighted by molar-refractivity contribution is -0.127. The van der Waals surface area contributed by atoms with Crippen LogP contribution < -0.4 is 0 Å². The fourth-order valence-corrected chi connectivity index (χ4v) is 4.72. The van der Waals surface area contributed by atoms with Gasteiger partial charge in [-0.25, -0.2) is 4.98 Å². The van der Waals surface area contributed by atoms with Gasteiger partial charge in [-0.1, -0.05) is 6.92 Å². The topological polar surface area (TPSA) is 19.4 Å². The van der Waals surface area contributed by atoms with E-state index >= 15 is 0 Å². The van der Waals surface area contributed by atoms with Gasteiger partial charge in [-0.3, -0.25) is 9.80 Å². The summed E-state index contributed by atoms with van der Waals surface area (Å²) >= 11 is 1.21. The highest BCUT2D eigenvalue weighted by molar-refractivity contribution is 7.11. The molecule has 0 radical (unpaired) electrons. The molecule has 7 heteroatoms. The molecule has 2 aliphatic heterocycles. The number of fused-ring (bicyclic) bond motifs is 2. The summed E-state index contributed by atoms with van der Waals surface area (Å²) in [7, 11) is 0. The molecule has 0 aliphatic carbocycles. The molecule has 0 N–H and O–H groups in total. The molecule has 2 bridgehead atoms. The van der Waals surface area contributed by atoms with Crippen LogP contribution in [0.2, 0.25) is 0 Å². The third-order valence-electron chi connectivity index (χ3n) is 5.17. The second-order valence-electron chi connectivity index (χ2n) is 6.78. The summed E-state index contributed by atoms with van der Waals surface area (Å²) < 4.78 is 37.3. The van der Waals surface area contributed by atoms with Crippen molar-refractivity contribution in [3.8, 4) is 0 Å². The van der Waals surface area contributed by atoms with E-state index in [1.54, 1.807) is 6.20 Å². The normalized spacial score (nSPS) is 27.5. The van der Waals surface area contributed by atoms with Gasteiger partial charge in [-0.15, -0.1) is 11.3 Å². The quantitative estimate of drug-likeness (QED) is 0.810. The molecule has 3 heterocycles. The summed E-state index contributed by atoms with van der Waals surface area (Å²) in [5.41, 5.74) is 0. The van der Waals surface area contributed by atoms with E-state index in [0.717, 1.165) is 30.9 Å². The minimum atomic E-state index is -4.17. The van der Waals surface area contributed by atoms with Crippen molar-refractivity contribution in [2.45, 2.75) is 70.4 Å². The smallest absolute Gasteiger partial charge is 0.298 e. The first-order valence-electron chi connectivity index (χ1n) is 8.36. The summed E-state index contributed by atoms with van der Waals surface area (Å²) in [4.78, 5) is 9.97. The molecule has 0 aromatic carbocycles. The van der Waals surface area contributed by atoms with E-state index in [4.69, 9.17) is 0 Å². The van der Waals surface area contributed by atoms with E-state index in [1.165, 1.54) is 24.2 Å². The summed E-state index contributed by atoms with van der Waals surface area (Å²) in [5, 5.41) is 0.179. The number of nitrogens with zero attached hydrogens (tertiary/aromatic N) is 3. The van der Waals surface area contributed by atoms with E-state index in [0.29, 0.717) is 18.1 Å². The van der Waals surface area contributed by atoms with Crippen molar-refractivity contribution in [2.75, 3.05) is 13.1 Å². The fourth-order valence-electron chi connectivity index (χ4n) is 3.75. The third-order valence-corrected chi connectivity index (χ3v) is 6.15. The molecule has 130 valence electrons. The van der Waals surface area contributed by atoms with Crippen molar-refractivity contribution in [3.63, 3.8) is 0 Å². The predicted molar refractivity (Wildman–Crippen MR) is 85.6 cm³/mol. The van der Waals surface area contributed by atoms with Crippen LogP contribution in [0, 0.1) is 0 Å². The Morgan fingerprint density at radius 3 is 2.52 bits per heavy atom. The van der Waals surface area contributed by atoms with Gasteiger partial charge in [0.1, 0.15) is 5.01 Å². The van der Waals surface area contributed by atoms with Crippen LogP contribution in [0.5, 0.6) is 0 Å². The molecule has 0 spiro atoms. The van der Waals surface area contributed by atoms with Crippen LogP contribution in [0.4, 0.5) is 13.2 Å². The average Bonchev–Trinajstić information content (AvgIpc) is 2.98. The van der Waals surface area contributed by atoms with Crippen LogP contribution in [0.25, 0.3) is 0 Å². The van der Waals surface area contributed by atoms with Crippen molar-refractivity contribution < 1.29 is 13.2 Å². The SMILES string of the molecule is CCC(C)N1CC2CCC(C1)N2Cc1cnc(CC(F)(F)F)s1. The molecule has 0 amide bonds. The number of hydrogen-bond donors (Lipinski definition) is 0. The average molecular weight is 347 g/mol. The van der Waals surface area contributed by atoms with Gasteiger partial charge in [0.05, 0.1) is 6.42 Å². The molecule has 3 atom stereocenters. The number of thiazole rings is 1. The highest BCUT2D eigenvalue weighted by Crippen LogP contribution is 2.34. The Bertz CT molecular complexity index is 517. The Labute approximate surface area is 139 Å². The number of alkyl halides is 3. The highest BCUT2D eigenvalue weighted by atomic mass is 32.1. The molecule has 3 unspecified atom stereocenters. The second kappa shape index (κ2) is 6.69. The van der Waals surface area contributed by atoms with Gasteiger partial charge in [0.2, 0.25) is 0 Å². The molecule has 3 rings (SSSR count). The fraction of sp³-hybridized carbons (Fsp3) is 0.812.